The Morgan fingerprint density at radius 3 is 2.75 bits per heavy atom. The van der Waals surface area contributed by atoms with E-state index in [1.807, 2.05) is 18.2 Å². The quantitative estimate of drug-likeness (QED) is 0.682. The van der Waals surface area contributed by atoms with E-state index in [9.17, 15) is 4.79 Å². The highest BCUT2D eigenvalue weighted by Crippen LogP contribution is 2.30. The summed E-state index contributed by atoms with van der Waals surface area (Å²) in [5.74, 6) is 0.705. The Balaban J connectivity index is 1.91. The number of nitrogens with zero attached hydrogens (tertiary/aromatic N) is 4. The first kappa shape index (κ1) is 20.2. The molecule has 1 aliphatic rings. The number of likely N-dealkylation sites (N-methyl/N-ethyl adjacent to an activating group) is 1. The van der Waals surface area contributed by atoms with Crippen LogP contribution < -0.4 is 20.9 Å². The zero-order chi connectivity index (χ0) is 20.3. The predicted octanol–water partition coefficient (Wildman–Crippen LogP) is 2.42. The maximum Gasteiger partial charge on any atom is 0.253 e. The Morgan fingerprint density at radius 2 is 2.11 bits per heavy atom. The third-order valence-corrected chi connectivity index (χ3v) is 5.23. The van der Waals surface area contributed by atoms with Crippen molar-refractivity contribution in [3.05, 3.63) is 35.0 Å². The third-order valence-electron chi connectivity index (χ3n) is 4.95. The van der Waals surface area contributed by atoms with Gasteiger partial charge in [0.2, 0.25) is 5.95 Å². The second-order valence-corrected chi connectivity index (χ2v) is 7.33. The lowest BCUT2D eigenvalue weighted by Gasteiger charge is -2.23. The van der Waals surface area contributed by atoms with Gasteiger partial charge in [-0.25, -0.2) is 4.98 Å². The van der Waals surface area contributed by atoms with E-state index in [-0.39, 0.29) is 5.91 Å². The summed E-state index contributed by atoms with van der Waals surface area (Å²) < 4.78 is 0. The molecule has 28 heavy (non-hydrogen) atoms. The molecule has 1 amide bonds. The summed E-state index contributed by atoms with van der Waals surface area (Å²) in [7, 11) is 7.55. The second-order valence-electron chi connectivity index (χ2n) is 6.93. The number of benzene rings is 1. The highest BCUT2D eigenvalue weighted by atomic mass is 35.5. The van der Waals surface area contributed by atoms with Crippen LogP contribution in [0.1, 0.15) is 16.8 Å². The summed E-state index contributed by atoms with van der Waals surface area (Å²) in [6.07, 6.45) is 2.62. The summed E-state index contributed by atoms with van der Waals surface area (Å²) in [6, 6.07) is 6.33. The van der Waals surface area contributed by atoms with Gasteiger partial charge in [0.1, 0.15) is 5.02 Å². The first-order valence-electron chi connectivity index (χ1n) is 9.17. The Labute approximate surface area is 170 Å². The van der Waals surface area contributed by atoms with Crippen LogP contribution in [0.3, 0.4) is 0 Å². The number of carbonyl (C=O) groups excluding carboxylic acids is 1. The number of rotatable bonds is 6. The number of hydrogen-bond acceptors (Lipinski definition) is 7. The maximum absolute atomic E-state index is 12.5. The molecule has 1 atom stereocenters. The van der Waals surface area contributed by atoms with E-state index in [1.165, 1.54) is 6.20 Å². The minimum Gasteiger partial charge on any atom is -0.370 e. The molecule has 2 aromatic rings. The summed E-state index contributed by atoms with van der Waals surface area (Å²) in [5.41, 5.74) is 2.20. The molecular formula is C19H26ClN7O. The summed E-state index contributed by atoms with van der Waals surface area (Å²) in [6.45, 7) is 1.91. The fourth-order valence-electron chi connectivity index (χ4n) is 3.26. The fraction of sp³-hybridized carbons (Fsp3) is 0.421. The smallest absolute Gasteiger partial charge is 0.253 e. The monoisotopic (exact) mass is 403 g/mol. The molecule has 1 aliphatic heterocycles. The van der Waals surface area contributed by atoms with Crippen molar-refractivity contribution >= 4 is 40.6 Å². The Bertz CT molecular complexity index is 858. The maximum atomic E-state index is 12.5. The molecule has 0 spiro atoms. The lowest BCUT2D eigenvalue weighted by molar-refractivity contribution is 0.0964. The highest BCUT2D eigenvalue weighted by molar-refractivity contribution is 6.33. The SMILES string of the molecule is CNC(=O)c1cc(N2CC[C@H](N(C)C)C2)ccc1Nc1nc(NC)ncc1Cl. The molecule has 0 unspecified atom stereocenters. The zero-order valence-corrected chi connectivity index (χ0v) is 17.3. The van der Waals surface area contributed by atoms with Crippen LogP contribution in [0.2, 0.25) is 5.02 Å². The summed E-state index contributed by atoms with van der Waals surface area (Å²) in [4.78, 5) is 25.5. The Kier molecular flexibility index (Phi) is 6.21. The molecule has 150 valence electrons. The van der Waals surface area contributed by atoms with Crippen LogP contribution in [0.5, 0.6) is 0 Å². The summed E-state index contributed by atoms with van der Waals surface area (Å²) >= 11 is 6.22. The standard InChI is InChI=1S/C19H26ClN7O/c1-21-18(28)14-9-12(27-8-7-13(11-27)26(3)4)5-6-16(14)24-17-15(20)10-23-19(22-2)25-17/h5-6,9-10,13H,7-8,11H2,1-4H3,(H,21,28)(H2,22,23,24,25)/t13-/m0/s1. The number of nitrogens with one attached hydrogen (secondary N) is 3. The van der Waals surface area contributed by atoms with Gasteiger partial charge in [-0.1, -0.05) is 11.6 Å². The third kappa shape index (κ3) is 4.28. The van der Waals surface area contributed by atoms with Gasteiger partial charge in [0.05, 0.1) is 17.4 Å². The number of amides is 1. The van der Waals surface area contributed by atoms with E-state index in [1.54, 1.807) is 14.1 Å². The van der Waals surface area contributed by atoms with Crippen LogP contribution in [0.15, 0.2) is 24.4 Å². The van der Waals surface area contributed by atoms with Crippen LogP contribution in [0.4, 0.5) is 23.1 Å². The van der Waals surface area contributed by atoms with Crippen molar-refractivity contribution in [2.24, 2.45) is 0 Å². The number of halogens is 1. The Hall–Kier alpha value is -2.58. The van der Waals surface area contributed by atoms with Gasteiger partial charge in [0.25, 0.3) is 5.91 Å². The van der Waals surface area contributed by atoms with Gasteiger partial charge in [0, 0.05) is 38.9 Å². The van der Waals surface area contributed by atoms with Crippen LogP contribution >= 0.6 is 11.6 Å². The fourth-order valence-corrected chi connectivity index (χ4v) is 3.40. The molecule has 1 fully saturated rings. The predicted molar refractivity (Wildman–Crippen MR) is 114 cm³/mol. The lowest BCUT2D eigenvalue weighted by Crippen LogP contribution is -2.31. The van der Waals surface area contributed by atoms with Gasteiger partial charge >= 0.3 is 0 Å². The van der Waals surface area contributed by atoms with Crippen molar-refractivity contribution in [2.75, 3.05) is 56.8 Å². The van der Waals surface area contributed by atoms with Gasteiger partial charge in [-0.05, 0) is 38.7 Å². The van der Waals surface area contributed by atoms with Crippen molar-refractivity contribution < 1.29 is 4.79 Å². The molecule has 1 aromatic carbocycles. The van der Waals surface area contributed by atoms with Gasteiger partial charge in [-0.2, -0.15) is 4.98 Å². The van der Waals surface area contributed by atoms with E-state index in [2.05, 4.69) is 49.8 Å². The number of carbonyl (C=O) groups is 1. The topological polar surface area (TPSA) is 85.4 Å². The molecule has 0 bridgehead atoms. The van der Waals surface area contributed by atoms with E-state index in [4.69, 9.17) is 11.6 Å². The summed E-state index contributed by atoms with van der Waals surface area (Å²) in [5, 5.41) is 9.12. The largest absolute Gasteiger partial charge is 0.370 e. The Morgan fingerprint density at radius 1 is 1.32 bits per heavy atom. The van der Waals surface area contributed by atoms with Crippen molar-refractivity contribution in [1.29, 1.82) is 0 Å². The molecular weight excluding hydrogens is 378 g/mol. The number of anilines is 4. The first-order chi connectivity index (χ1) is 13.4. The molecule has 3 rings (SSSR count). The number of hydrogen-bond donors (Lipinski definition) is 3. The minimum atomic E-state index is -0.174. The van der Waals surface area contributed by atoms with Crippen LogP contribution in [0, 0.1) is 0 Å². The van der Waals surface area contributed by atoms with Crippen LogP contribution in [-0.4, -0.2) is 68.1 Å². The molecule has 2 heterocycles. The van der Waals surface area contributed by atoms with Gasteiger partial charge in [-0.3, -0.25) is 4.79 Å². The van der Waals surface area contributed by atoms with Gasteiger partial charge in [0.15, 0.2) is 5.82 Å². The van der Waals surface area contributed by atoms with Crippen molar-refractivity contribution in [2.45, 2.75) is 12.5 Å². The van der Waals surface area contributed by atoms with Crippen LogP contribution in [0.25, 0.3) is 0 Å². The molecule has 8 nitrogen and oxygen atoms in total. The van der Waals surface area contributed by atoms with E-state index in [0.717, 1.165) is 25.2 Å². The van der Waals surface area contributed by atoms with Gasteiger partial charge < -0.3 is 25.8 Å². The highest BCUT2D eigenvalue weighted by Gasteiger charge is 2.25. The average molecular weight is 404 g/mol. The zero-order valence-electron chi connectivity index (χ0n) is 16.6. The van der Waals surface area contributed by atoms with Gasteiger partial charge in [-0.15, -0.1) is 0 Å². The van der Waals surface area contributed by atoms with E-state index >= 15 is 0 Å². The normalized spacial score (nSPS) is 16.4. The second kappa shape index (κ2) is 8.62. The molecule has 0 aliphatic carbocycles. The van der Waals surface area contributed by atoms with E-state index in [0.29, 0.717) is 34.1 Å². The molecule has 0 saturated carbocycles. The van der Waals surface area contributed by atoms with Crippen molar-refractivity contribution in [3.63, 3.8) is 0 Å². The molecule has 1 aromatic heterocycles. The number of aromatic nitrogens is 2. The van der Waals surface area contributed by atoms with Crippen molar-refractivity contribution in [3.8, 4) is 0 Å². The molecule has 3 N–H and O–H groups in total. The minimum absolute atomic E-state index is 0.174. The average Bonchev–Trinajstić information content (AvgIpc) is 3.20. The van der Waals surface area contributed by atoms with E-state index < -0.39 is 0 Å². The van der Waals surface area contributed by atoms with Crippen LogP contribution in [-0.2, 0) is 0 Å². The first-order valence-corrected chi connectivity index (χ1v) is 9.55. The lowest BCUT2D eigenvalue weighted by atomic mass is 10.1. The van der Waals surface area contributed by atoms with Crippen molar-refractivity contribution in [1.82, 2.24) is 20.2 Å². The molecule has 9 heteroatoms. The molecule has 0 radical (unpaired) electrons. The molecule has 1 saturated heterocycles.